The number of nitrogens with one attached hydrogen (secondary N) is 1. The number of sulfonamides is 1. The Morgan fingerprint density at radius 2 is 1.86 bits per heavy atom. The van der Waals surface area contributed by atoms with Gasteiger partial charge in [-0.1, -0.05) is 25.1 Å². The van der Waals surface area contributed by atoms with Crippen LogP contribution in [0, 0.1) is 5.92 Å². The van der Waals surface area contributed by atoms with Crippen molar-refractivity contribution in [3.05, 3.63) is 54.1 Å². The Kier molecular flexibility index (Phi) is 6.04. The molecule has 0 aromatic heterocycles. The van der Waals surface area contributed by atoms with Gasteiger partial charge < -0.3 is 10.2 Å². The number of nitrogens with zero attached hydrogens (tertiary/aromatic N) is 2. The third-order valence-corrected chi connectivity index (χ3v) is 6.84. The highest BCUT2D eigenvalue weighted by Crippen LogP contribution is 2.27. The summed E-state index contributed by atoms with van der Waals surface area (Å²) in [5, 5.41) is 2.75. The minimum Gasteiger partial charge on any atom is -0.326 e. The van der Waals surface area contributed by atoms with Crippen molar-refractivity contribution >= 4 is 33.2 Å². The van der Waals surface area contributed by atoms with Gasteiger partial charge in [-0.3, -0.25) is 9.59 Å². The molecule has 1 heterocycles. The third kappa shape index (κ3) is 4.49. The predicted molar refractivity (Wildman–Crippen MR) is 112 cm³/mol. The molecular weight excluding hydrogens is 390 g/mol. The second-order valence-electron chi connectivity index (χ2n) is 7.23. The Labute approximate surface area is 171 Å². The van der Waals surface area contributed by atoms with E-state index in [4.69, 9.17) is 0 Å². The molecule has 1 N–H and O–H groups in total. The lowest BCUT2D eigenvalue weighted by molar-refractivity contribution is -0.122. The van der Waals surface area contributed by atoms with Crippen LogP contribution in [0.2, 0.25) is 0 Å². The zero-order valence-corrected chi connectivity index (χ0v) is 17.6. The van der Waals surface area contributed by atoms with Crippen LogP contribution >= 0.6 is 0 Å². The van der Waals surface area contributed by atoms with Crippen LogP contribution in [0.1, 0.15) is 18.9 Å². The molecule has 0 unspecified atom stereocenters. The topological polar surface area (TPSA) is 86.8 Å². The Morgan fingerprint density at radius 1 is 1.17 bits per heavy atom. The Bertz CT molecular complexity index is 1020. The number of aryl methyl sites for hydroxylation is 1. The molecule has 0 spiro atoms. The molecule has 2 aromatic carbocycles. The summed E-state index contributed by atoms with van der Waals surface area (Å²) in [5.74, 6) is -0.897. The monoisotopic (exact) mass is 415 g/mol. The van der Waals surface area contributed by atoms with Crippen LogP contribution in [0.5, 0.6) is 0 Å². The molecule has 0 saturated carbocycles. The van der Waals surface area contributed by atoms with E-state index in [9.17, 15) is 18.0 Å². The SMILES string of the molecule is CCc1ccc(N2C[C@@H](C(=O)Nc3cccc(S(=O)(=O)N(C)C)c3)CC2=O)cc1. The first-order valence-corrected chi connectivity index (χ1v) is 10.9. The van der Waals surface area contributed by atoms with Crippen LogP contribution in [-0.4, -0.2) is 45.2 Å². The summed E-state index contributed by atoms with van der Waals surface area (Å²) in [5.41, 5.74) is 2.35. The molecule has 8 heteroatoms. The van der Waals surface area contributed by atoms with Crippen molar-refractivity contribution in [2.24, 2.45) is 5.92 Å². The van der Waals surface area contributed by atoms with Crippen molar-refractivity contribution in [1.29, 1.82) is 0 Å². The highest BCUT2D eigenvalue weighted by molar-refractivity contribution is 7.89. The van der Waals surface area contributed by atoms with Gasteiger partial charge in [-0.25, -0.2) is 12.7 Å². The van der Waals surface area contributed by atoms with Gasteiger partial charge in [-0.15, -0.1) is 0 Å². The number of amides is 2. The van der Waals surface area contributed by atoms with Gasteiger partial charge in [-0.2, -0.15) is 0 Å². The number of rotatable bonds is 6. The van der Waals surface area contributed by atoms with Crippen LogP contribution in [0.3, 0.4) is 0 Å². The van der Waals surface area contributed by atoms with Crippen molar-refractivity contribution in [3.8, 4) is 0 Å². The lowest BCUT2D eigenvalue weighted by Crippen LogP contribution is -2.28. The second-order valence-corrected chi connectivity index (χ2v) is 9.38. The standard InChI is InChI=1S/C21H25N3O4S/c1-4-15-8-10-18(11-9-15)24-14-16(12-20(24)25)21(26)22-17-6-5-7-19(13-17)29(27,28)23(2)3/h5-11,13,16H,4,12,14H2,1-3H3,(H,22,26)/t16-/m0/s1. The predicted octanol–water partition coefficient (Wildman–Crippen LogP) is 2.49. The molecule has 1 saturated heterocycles. The number of carbonyl (C=O) groups excluding carboxylic acids is 2. The van der Waals surface area contributed by atoms with E-state index in [0.29, 0.717) is 12.2 Å². The quantitative estimate of drug-likeness (QED) is 0.785. The molecule has 1 aliphatic rings. The van der Waals surface area contributed by atoms with Gasteiger partial charge in [0.2, 0.25) is 21.8 Å². The number of hydrogen-bond donors (Lipinski definition) is 1. The molecule has 2 aromatic rings. The summed E-state index contributed by atoms with van der Waals surface area (Å²) in [6.07, 6.45) is 1.04. The molecule has 0 radical (unpaired) electrons. The lowest BCUT2D eigenvalue weighted by Gasteiger charge is -2.17. The molecule has 7 nitrogen and oxygen atoms in total. The molecule has 1 atom stereocenters. The van der Waals surface area contributed by atoms with E-state index in [2.05, 4.69) is 12.2 Å². The maximum absolute atomic E-state index is 12.7. The Balaban J connectivity index is 1.71. The van der Waals surface area contributed by atoms with Crippen molar-refractivity contribution in [1.82, 2.24) is 4.31 Å². The first-order valence-electron chi connectivity index (χ1n) is 9.45. The molecular formula is C21H25N3O4S. The molecule has 0 aliphatic carbocycles. The van der Waals surface area contributed by atoms with Crippen molar-refractivity contribution in [3.63, 3.8) is 0 Å². The normalized spacial score (nSPS) is 17.0. The number of hydrogen-bond acceptors (Lipinski definition) is 4. The van der Waals surface area contributed by atoms with Gasteiger partial charge in [-0.05, 0) is 42.3 Å². The van der Waals surface area contributed by atoms with Crippen LogP contribution in [0.4, 0.5) is 11.4 Å². The fourth-order valence-corrected chi connectivity index (χ4v) is 4.18. The van der Waals surface area contributed by atoms with Crippen LogP contribution < -0.4 is 10.2 Å². The maximum atomic E-state index is 12.7. The zero-order valence-electron chi connectivity index (χ0n) is 16.8. The number of carbonyl (C=O) groups is 2. The Hall–Kier alpha value is -2.71. The van der Waals surface area contributed by atoms with E-state index in [-0.39, 0.29) is 23.1 Å². The third-order valence-electron chi connectivity index (χ3n) is 5.03. The van der Waals surface area contributed by atoms with E-state index >= 15 is 0 Å². The molecule has 0 bridgehead atoms. The van der Waals surface area contributed by atoms with Gasteiger partial charge in [0.05, 0.1) is 10.8 Å². The van der Waals surface area contributed by atoms with E-state index in [1.54, 1.807) is 17.0 Å². The largest absolute Gasteiger partial charge is 0.326 e. The van der Waals surface area contributed by atoms with Gasteiger partial charge >= 0.3 is 0 Å². The van der Waals surface area contributed by atoms with Gasteiger partial charge in [0.15, 0.2) is 0 Å². The summed E-state index contributed by atoms with van der Waals surface area (Å²) in [6.45, 7) is 2.36. The first-order chi connectivity index (χ1) is 13.7. The highest BCUT2D eigenvalue weighted by Gasteiger charge is 2.35. The molecule has 29 heavy (non-hydrogen) atoms. The van der Waals surface area contributed by atoms with Crippen molar-refractivity contribution in [2.75, 3.05) is 30.9 Å². The summed E-state index contributed by atoms with van der Waals surface area (Å²) >= 11 is 0. The smallest absolute Gasteiger partial charge is 0.242 e. The fraction of sp³-hybridized carbons (Fsp3) is 0.333. The average molecular weight is 416 g/mol. The van der Waals surface area contributed by atoms with Crippen LogP contribution in [0.25, 0.3) is 0 Å². The molecule has 154 valence electrons. The van der Waals surface area contributed by atoms with Crippen molar-refractivity contribution < 1.29 is 18.0 Å². The van der Waals surface area contributed by atoms with Gasteiger partial charge in [0.25, 0.3) is 0 Å². The van der Waals surface area contributed by atoms with E-state index in [1.165, 1.54) is 31.8 Å². The summed E-state index contributed by atoms with van der Waals surface area (Å²) in [7, 11) is -0.692. The average Bonchev–Trinajstić information content (AvgIpc) is 3.10. The molecule has 1 fully saturated rings. The molecule has 3 rings (SSSR count). The highest BCUT2D eigenvalue weighted by atomic mass is 32.2. The van der Waals surface area contributed by atoms with E-state index in [1.807, 2.05) is 24.3 Å². The first kappa shape index (κ1) is 21.0. The van der Waals surface area contributed by atoms with Crippen molar-refractivity contribution in [2.45, 2.75) is 24.7 Å². The van der Waals surface area contributed by atoms with Gasteiger partial charge in [0.1, 0.15) is 0 Å². The summed E-state index contributed by atoms with van der Waals surface area (Å²) in [6, 6.07) is 13.9. The number of anilines is 2. The summed E-state index contributed by atoms with van der Waals surface area (Å²) in [4.78, 5) is 26.8. The second kappa shape index (κ2) is 8.34. The van der Waals surface area contributed by atoms with Crippen LogP contribution in [-0.2, 0) is 26.0 Å². The molecule has 1 aliphatic heterocycles. The van der Waals surface area contributed by atoms with E-state index in [0.717, 1.165) is 16.4 Å². The number of benzene rings is 2. The maximum Gasteiger partial charge on any atom is 0.242 e. The van der Waals surface area contributed by atoms with E-state index < -0.39 is 15.9 Å². The van der Waals surface area contributed by atoms with Gasteiger partial charge in [0, 0.05) is 38.4 Å². The zero-order chi connectivity index (χ0) is 21.2. The minimum absolute atomic E-state index is 0.0976. The summed E-state index contributed by atoms with van der Waals surface area (Å²) < 4.78 is 25.7. The lowest BCUT2D eigenvalue weighted by atomic mass is 10.1. The fourth-order valence-electron chi connectivity index (χ4n) is 3.23. The van der Waals surface area contributed by atoms with Crippen LogP contribution in [0.15, 0.2) is 53.4 Å². The minimum atomic E-state index is -3.59. The Morgan fingerprint density at radius 3 is 2.48 bits per heavy atom. The molecule has 2 amide bonds.